The summed E-state index contributed by atoms with van der Waals surface area (Å²) in [5, 5.41) is 11.3. The normalized spacial score (nSPS) is 12.6. The minimum absolute atomic E-state index is 0. The lowest BCUT2D eigenvalue weighted by Crippen LogP contribution is -2.43. The second-order valence-electron chi connectivity index (χ2n) is 6.40. The van der Waals surface area contributed by atoms with Crippen LogP contribution in [0, 0.1) is 13.8 Å². The SMILES string of the molecule is CCNC(=NCc1ccn(C)c1)NC(C)Cc1c(C)nn(C)c1C.I. The molecule has 0 saturated carbocycles. The van der Waals surface area contributed by atoms with Gasteiger partial charge in [-0.15, -0.1) is 24.0 Å². The fraction of sp³-hybridized carbons (Fsp3) is 0.556. The van der Waals surface area contributed by atoms with Gasteiger partial charge in [0.15, 0.2) is 5.96 Å². The standard InChI is InChI=1S/C18H30N6.HI/c1-7-19-18(20-11-16-8-9-23(5)12-16)21-13(2)10-17-14(3)22-24(6)15(17)4;/h8-9,12-13H,7,10-11H2,1-6H3,(H2,19,20,21);1H. The first-order valence-electron chi connectivity index (χ1n) is 8.55. The van der Waals surface area contributed by atoms with E-state index < -0.39 is 0 Å². The van der Waals surface area contributed by atoms with Crippen LogP contribution in [0.2, 0.25) is 0 Å². The minimum atomic E-state index is 0. The fourth-order valence-electron chi connectivity index (χ4n) is 2.85. The number of aromatic nitrogens is 3. The average Bonchev–Trinajstić information content (AvgIpc) is 3.04. The molecule has 2 heterocycles. The van der Waals surface area contributed by atoms with E-state index in [1.807, 2.05) is 29.5 Å². The lowest BCUT2D eigenvalue weighted by atomic mass is 10.1. The summed E-state index contributed by atoms with van der Waals surface area (Å²) < 4.78 is 3.99. The maximum Gasteiger partial charge on any atom is 0.191 e. The second-order valence-corrected chi connectivity index (χ2v) is 6.40. The lowest BCUT2D eigenvalue weighted by molar-refractivity contribution is 0.635. The Morgan fingerprint density at radius 3 is 2.56 bits per heavy atom. The topological polar surface area (TPSA) is 59.2 Å². The molecule has 0 aliphatic rings. The zero-order valence-electron chi connectivity index (χ0n) is 16.1. The largest absolute Gasteiger partial charge is 0.357 e. The van der Waals surface area contributed by atoms with Crippen LogP contribution in [-0.4, -0.2) is 32.9 Å². The summed E-state index contributed by atoms with van der Waals surface area (Å²) in [6, 6.07) is 2.37. The number of guanidine groups is 1. The van der Waals surface area contributed by atoms with Gasteiger partial charge in [-0.1, -0.05) is 0 Å². The predicted molar refractivity (Wildman–Crippen MR) is 115 cm³/mol. The van der Waals surface area contributed by atoms with Crippen LogP contribution in [0.5, 0.6) is 0 Å². The Balaban J connectivity index is 0.00000312. The van der Waals surface area contributed by atoms with Crippen molar-refractivity contribution >= 4 is 29.9 Å². The molecule has 6 nitrogen and oxygen atoms in total. The highest BCUT2D eigenvalue weighted by Crippen LogP contribution is 2.14. The van der Waals surface area contributed by atoms with E-state index in [1.54, 1.807) is 0 Å². The molecule has 0 aliphatic carbocycles. The Bertz CT molecular complexity index is 700. The van der Waals surface area contributed by atoms with Crippen LogP contribution in [0.4, 0.5) is 0 Å². The number of halogens is 1. The number of aryl methyl sites for hydroxylation is 3. The van der Waals surface area contributed by atoms with Crippen molar-refractivity contribution in [2.24, 2.45) is 19.1 Å². The molecule has 1 atom stereocenters. The van der Waals surface area contributed by atoms with E-state index in [9.17, 15) is 0 Å². The van der Waals surface area contributed by atoms with Crippen molar-refractivity contribution in [3.05, 3.63) is 41.0 Å². The quantitative estimate of drug-likeness (QED) is 0.398. The van der Waals surface area contributed by atoms with Crippen molar-refractivity contribution in [1.82, 2.24) is 25.0 Å². The molecule has 25 heavy (non-hydrogen) atoms. The second kappa shape index (κ2) is 9.84. The van der Waals surface area contributed by atoms with Crippen molar-refractivity contribution < 1.29 is 0 Å². The Hall–Kier alpha value is -1.51. The number of hydrogen-bond donors (Lipinski definition) is 2. The third kappa shape index (κ3) is 6.05. The summed E-state index contributed by atoms with van der Waals surface area (Å²) in [5.74, 6) is 0.855. The van der Waals surface area contributed by atoms with Crippen molar-refractivity contribution in [3.63, 3.8) is 0 Å². The van der Waals surface area contributed by atoms with E-state index in [0.717, 1.165) is 24.6 Å². The van der Waals surface area contributed by atoms with Crippen LogP contribution < -0.4 is 10.6 Å². The van der Waals surface area contributed by atoms with Crippen LogP contribution in [0.3, 0.4) is 0 Å². The van der Waals surface area contributed by atoms with Crippen LogP contribution in [0.25, 0.3) is 0 Å². The average molecular weight is 458 g/mol. The molecule has 0 radical (unpaired) electrons. The molecule has 0 saturated heterocycles. The van der Waals surface area contributed by atoms with Crippen LogP contribution >= 0.6 is 24.0 Å². The minimum Gasteiger partial charge on any atom is -0.357 e. The van der Waals surface area contributed by atoms with Gasteiger partial charge < -0.3 is 15.2 Å². The number of aliphatic imine (C=N–C) groups is 1. The zero-order chi connectivity index (χ0) is 17.7. The number of nitrogens with zero attached hydrogens (tertiary/aromatic N) is 4. The number of hydrogen-bond acceptors (Lipinski definition) is 2. The van der Waals surface area contributed by atoms with Gasteiger partial charge in [-0.2, -0.15) is 5.10 Å². The van der Waals surface area contributed by atoms with E-state index in [0.29, 0.717) is 6.54 Å². The van der Waals surface area contributed by atoms with Gasteiger partial charge in [-0.05, 0) is 51.3 Å². The summed E-state index contributed by atoms with van der Waals surface area (Å²) in [6.07, 6.45) is 5.07. The number of rotatable bonds is 6. The summed E-state index contributed by atoms with van der Waals surface area (Å²) in [5.41, 5.74) is 4.86. The van der Waals surface area contributed by atoms with Crippen LogP contribution in [-0.2, 0) is 27.1 Å². The summed E-state index contributed by atoms with van der Waals surface area (Å²) in [4.78, 5) is 4.69. The maximum atomic E-state index is 4.69. The highest BCUT2D eigenvalue weighted by Gasteiger charge is 2.14. The first-order valence-corrected chi connectivity index (χ1v) is 8.55. The predicted octanol–water partition coefficient (Wildman–Crippen LogP) is 2.68. The molecule has 2 aromatic rings. The molecule has 0 bridgehead atoms. The monoisotopic (exact) mass is 458 g/mol. The fourth-order valence-corrected chi connectivity index (χ4v) is 2.85. The smallest absolute Gasteiger partial charge is 0.191 e. The van der Waals surface area contributed by atoms with E-state index in [-0.39, 0.29) is 30.0 Å². The molecule has 0 fully saturated rings. The van der Waals surface area contributed by atoms with Gasteiger partial charge in [0.2, 0.25) is 0 Å². The highest BCUT2D eigenvalue weighted by atomic mass is 127. The molecule has 0 aromatic carbocycles. The van der Waals surface area contributed by atoms with Crippen molar-refractivity contribution in [2.75, 3.05) is 6.54 Å². The first kappa shape index (κ1) is 21.5. The summed E-state index contributed by atoms with van der Waals surface area (Å²) in [6.45, 7) is 9.98. The Morgan fingerprint density at radius 1 is 1.32 bits per heavy atom. The van der Waals surface area contributed by atoms with E-state index in [1.165, 1.54) is 16.8 Å². The molecular formula is C18H31IN6. The third-order valence-corrected chi connectivity index (χ3v) is 4.21. The van der Waals surface area contributed by atoms with Crippen molar-refractivity contribution in [2.45, 2.75) is 46.7 Å². The molecule has 0 aliphatic heterocycles. The highest BCUT2D eigenvalue weighted by molar-refractivity contribution is 14.0. The zero-order valence-corrected chi connectivity index (χ0v) is 18.5. The molecule has 7 heteroatoms. The van der Waals surface area contributed by atoms with Gasteiger partial charge in [0, 0.05) is 44.8 Å². The van der Waals surface area contributed by atoms with E-state index >= 15 is 0 Å². The molecule has 2 N–H and O–H groups in total. The van der Waals surface area contributed by atoms with Crippen molar-refractivity contribution in [1.29, 1.82) is 0 Å². The Labute approximate surface area is 168 Å². The van der Waals surface area contributed by atoms with Gasteiger partial charge in [0.05, 0.1) is 12.2 Å². The molecule has 2 rings (SSSR count). The Kier molecular flexibility index (Phi) is 8.47. The summed E-state index contributed by atoms with van der Waals surface area (Å²) >= 11 is 0. The van der Waals surface area contributed by atoms with Crippen LogP contribution in [0.1, 0.15) is 36.4 Å². The van der Waals surface area contributed by atoms with E-state index in [2.05, 4.69) is 60.7 Å². The van der Waals surface area contributed by atoms with Gasteiger partial charge >= 0.3 is 0 Å². The summed E-state index contributed by atoms with van der Waals surface area (Å²) in [7, 11) is 4.02. The van der Waals surface area contributed by atoms with Gasteiger partial charge in [0.25, 0.3) is 0 Å². The molecule has 140 valence electrons. The van der Waals surface area contributed by atoms with E-state index in [4.69, 9.17) is 0 Å². The van der Waals surface area contributed by atoms with Gasteiger partial charge in [-0.25, -0.2) is 4.99 Å². The first-order chi connectivity index (χ1) is 11.4. The molecule has 0 amide bonds. The van der Waals surface area contributed by atoms with Gasteiger partial charge in [-0.3, -0.25) is 4.68 Å². The maximum absolute atomic E-state index is 4.69. The molecule has 0 spiro atoms. The Morgan fingerprint density at radius 2 is 2.04 bits per heavy atom. The molecular weight excluding hydrogens is 427 g/mol. The van der Waals surface area contributed by atoms with Crippen LogP contribution in [0.15, 0.2) is 23.5 Å². The van der Waals surface area contributed by atoms with Gasteiger partial charge in [0.1, 0.15) is 0 Å². The third-order valence-electron chi connectivity index (χ3n) is 4.21. The number of nitrogens with one attached hydrogen (secondary N) is 2. The lowest BCUT2D eigenvalue weighted by Gasteiger charge is -2.18. The molecule has 1 unspecified atom stereocenters. The van der Waals surface area contributed by atoms with Crippen molar-refractivity contribution in [3.8, 4) is 0 Å². The molecule has 2 aromatic heterocycles.